The van der Waals surface area contributed by atoms with Crippen LogP contribution in [-0.4, -0.2) is 15.9 Å². The van der Waals surface area contributed by atoms with Crippen LogP contribution in [0.4, 0.5) is 10.2 Å². The number of amides is 1. The van der Waals surface area contributed by atoms with Gasteiger partial charge in [-0.2, -0.15) is 4.98 Å². The van der Waals surface area contributed by atoms with E-state index in [1.54, 1.807) is 0 Å². The molecule has 1 heterocycles. The number of nitrogens with zero attached hydrogens (tertiary/aromatic N) is 2. The topological polar surface area (TPSA) is 54.9 Å². The van der Waals surface area contributed by atoms with Crippen molar-refractivity contribution in [1.29, 1.82) is 0 Å². The van der Waals surface area contributed by atoms with Crippen molar-refractivity contribution in [2.45, 2.75) is 6.42 Å². The van der Waals surface area contributed by atoms with Crippen LogP contribution in [0.15, 0.2) is 6.20 Å². The van der Waals surface area contributed by atoms with Crippen molar-refractivity contribution < 1.29 is 9.18 Å². The van der Waals surface area contributed by atoms with E-state index in [0.29, 0.717) is 0 Å². The van der Waals surface area contributed by atoms with E-state index < -0.39 is 11.7 Å². The van der Waals surface area contributed by atoms with Gasteiger partial charge in [-0.3, -0.25) is 4.79 Å². The first-order valence-electron chi connectivity index (χ1n) is 3.55. The molecule has 0 aliphatic carbocycles. The normalized spacial score (nSPS) is 9.21. The molecule has 0 saturated heterocycles. The van der Waals surface area contributed by atoms with Crippen LogP contribution in [0.25, 0.3) is 0 Å². The summed E-state index contributed by atoms with van der Waals surface area (Å²) in [4.78, 5) is 17.8. The Morgan fingerprint density at radius 3 is 3.14 bits per heavy atom. The SMILES string of the molecule is C#CCC(=O)Nc1nc(Cl)ncc1F. The summed E-state index contributed by atoms with van der Waals surface area (Å²) in [5.41, 5.74) is 0. The third-order valence-electron chi connectivity index (χ3n) is 1.24. The van der Waals surface area contributed by atoms with Gasteiger partial charge in [-0.05, 0) is 11.6 Å². The number of anilines is 1. The Morgan fingerprint density at radius 1 is 1.79 bits per heavy atom. The molecule has 0 bridgehead atoms. The lowest BCUT2D eigenvalue weighted by molar-refractivity contribution is -0.115. The molecule has 1 rings (SSSR count). The van der Waals surface area contributed by atoms with Crippen molar-refractivity contribution in [1.82, 2.24) is 9.97 Å². The highest BCUT2D eigenvalue weighted by Crippen LogP contribution is 2.11. The minimum atomic E-state index is -0.764. The van der Waals surface area contributed by atoms with E-state index in [2.05, 4.69) is 21.2 Å². The van der Waals surface area contributed by atoms with Crippen LogP contribution in [0.5, 0.6) is 0 Å². The summed E-state index contributed by atoms with van der Waals surface area (Å²) < 4.78 is 12.9. The van der Waals surface area contributed by atoms with Gasteiger partial charge in [0.05, 0.1) is 12.6 Å². The molecule has 72 valence electrons. The molecule has 0 aliphatic heterocycles. The van der Waals surface area contributed by atoms with Crippen LogP contribution < -0.4 is 5.32 Å². The maximum atomic E-state index is 12.9. The monoisotopic (exact) mass is 213 g/mol. The number of halogens is 2. The summed E-state index contributed by atoms with van der Waals surface area (Å²) in [7, 11) is 0. The first-order valence-corrected chi connectivity index (χ1v) is 3.92. The van der Waals surface area contributed by atoms with Crippen molar-refractivity contribution in [2.24, 2.45) is 0 Å². The predicted octanol–water partition coefficient (Wildman–Crippen LogP) is 1.23. The highest BCUT2D eigenvalue weighted by atomic mass is 35.5. The lowest BCUT2D eigenvalue weighted by atomic mass is 10.4. The second-order valence-corrected chi connectivity index (χ2v) is 2.60. The quantitative estimate of drug-likeness (QED) is 0.594. The maximum Gasteiger partial charge on any atom is 0.237 e. The van der Waals surface area contributed by atoms with E-state index in [4.69, 9.17) is 18.0 Å². The molecule has 0 fully saturated rings. The Kier molecular flexibility index (Phi) is 3.37. The molecular formula is C8H5ClFN3O. The van der Waals surface area contributed by atoms with Gasteiger partial charge in [-0.25, -0.2) is 9.37 Å². The number of aromatic nitrogens is 2. The standard InChI is InChI=1S/C8H5ClFN3O/c1-2-3-6(14)12-7-5(10)4-11-8(9)13-7/h1,4H,3H2,(H,11,12,13,14). The summed E-state index contributed by atoms with van der Waals surface area (Å²) in [6, 6.07) is 0. The lowest BCUT2D eigenvalue weighted by Crippen LogP contribution is -2.13. The molecule has 0 unspecified atom stereocenters. The van der Waals surface area contributed by atoms with Crippen LogP contribution >= 0.6 is 11.6 Å². The van der Waals surface area contributed by atoms with E-state index in [9.17, 15) is 9.18 Å². The molecule has 0 atom stereocenters. The summed E-state index contributed by atoms with van der Waals surface area (Å²) in [6.45, 7) is 0. The summed E-state index contributed by atoms with van der Waals surface area (Å²) >= 11 is 5.40. The smallest absolute Gasteiger partial charge is 0.237 e. The van der Waals surface area contributed by atoms with Crippen molar-refractivity contribution in [2.75, 3.05) is 5.32 Å². The van der Waals surface area contributed by atoms with E-state index in [-0.39, 0.29) is 17.5 Å². The highest BCUT2D eigenvalue weighted by molar-refractivity contribution is 6.28. The van der Waals surface area contributed by atoms with Gasteiger partial charge >= 0.3 is 0 Å². The number of nitrogens with one attached hydrogen (secondary N) is 1. The Hall–Kier alpha value is -1.67. The minimum Gasteiger partial charge on any atom is -0.307 e. The van der Waals surface area contributed by atoms with Crippen LogP contribution in [-0.2, 0) is 4.79 Å². The summed E-state index contributed by atoms with van der Waals surface area (Å²) in [5.74, 6) is 0.547. The second kappa shape index (κ2) is 4.53. The number of carbonyl (C=O) groups is 1. The average Bonchev–Trinajstić information content (AvgIpc) is 2.12. The zero-order valence-electron chi connectivity index (χ0n) is 6.92. The largest absolute Gasteiger partial charge is 0.307 e. The van der Waals surface area contributed by atoms with Crippen LogP contribution in [0.2, 0.25) is 5.28 Å². The minimum absolute atomic E-state index is 0.151. The van der Waals surface area contributed by atoms with Gasteiger partial charge < -0.3 is 5.32 Å². The summed E-state index contributed by atoms with van der Waals surface area (Å²) in [6.07, 6.45) is 5.60. The highest BCUT2D eigenvalue weighted by Gasteiger charge is 2.08. The number of terminal acetylenes is 1. The predicted molar refractivity (Wildman–Crippen MR) is 49.1 cm³/mol. The van der Waals surface area contributed by atoms with Crippen molar-refractivity contribution in [3.63, 3.8) is 0 Å². The van der Waals surface area contributed by atoms with Crippen molar-refractivity contribution in [3.05, 3.63) is 17.3 Å². The van der Waals surface area contributed by atoms with Crippen molar-refractivity contribution >= 4 is 23.3 Å². The molecule has 1 aromatic heterocycles. The zero-order chi connectivity index (χ0) is 10.6. The molecule has 1 amide bonds. The van der Waals surface area contributed by atoms with Crippen molar-refractivity contribution in [3.8, 4) is 12.3 Å². The molecule has 14 heavy (non-hydrogen) atoms. The molecule has 0 aliphatic rings. The fraction of sp³-hybridized carbons (Fsp3) is 0.125. The first-order chi connectivity index (χ1) is 6.63. The zero-order valence-corrected chi connectivity index (χ0v) is 7.68. The Balaban J connectivity index is 2.81. The Labute approximate surface area is 84.5 Å². The van der Waals surface area contributed by atoms with Gasteiger partial charge in [0.25, 0.3) is 0 Å². The third kappa shape index (κ3) is 2.68. The average molecular weight is 214 g/mol. The molecule has 6 heteroatoms. The second-order valence-electron chi connectivity index (χ2n) is 2.26. The molecule has 0 spiro atoms. The number of rotatable bonds is 2. The first kappa shape index (κ1) is 10.4. The third-order valence-corrected chi connectivity index (χ3v) is 1.42. The number of hydrogen-bond acceptors (Lipinski definition) is 3. The lowest BCUT2D eigenvalue weighted by Gasteiger charge is -2.02. The molecule has 1 N–H and O–H groups in total. The van der Waals surface area contributed by atoms with E-state index in [1.165, 1.54) is 0 Å². The van der Waals surface area contributed by atoms with Crippen LogP contribution in [0.3, 0.4) is 0 Å². The summed E-state index contributed by atoms with van der Waals surface area (Å²) in [5, 5.41) is 2.01. The molecule has 0 aromatic carbocycles. The Bertz CT molecular complexity index is 402. The molecular weight excluding hydrogens is 209 g/mol. The van der Waals surface area contributed by atoms with Gasteiger partial charge in [-0.1, -0.05) is 5.92 Å². The fourth-order valence-electron chi connectivity index (χ4n) is 0.702. The van der Waals surface area contributed by atoms with Gasteiger partial charge in [0.1, 0.15) is 0 Å². The van der Waals surface area contributed by atoms with Gasteiger partial charge in [0, 0.05) is 0 Å². The van der Waals surface area contributed by atoms with Gasteiger partial charge in [0.15, 0.2) is 11.6 Å². The Morgan fingerprint density at radius 2 is 2.50 bits per heavy atom. The van der Waals surface area contributed by atoms with Crippen LogP contribution in [0.1, 0.15) is 6.42 Å². The fourth-order valence-corrected chi connectivity index (χ4v) is 0.836. The molecule has 1 aromatic rings. The van der Waals surface area contributed by atoms with Crippen LogP contribution in [0, 0.1) is 18.2 Å². The van der Waals surface area contributed by atoms with E-state index in [1.807, 2.05) is 0 Å². The van der Waals surface area contributed by atoms with Gasteiger partial charge in [0.2, 0.25) is 11.2 Å². The number of carbonyl (C=O) groups excluding carboxylic acids is 1. The van der Waals surface area contributed by atoms with E-state index >= 15 is 0 Å². The molecule has 0 radical (unpaired) electrons. The van der Waals surface area contributed by atoms with Gasteiger partial charge in [-0.15, -0.1) is 6.42 Å². The molecule has 4 nitrogen and oxygen atoms in total. The van der Waals surface area contributed by atoms with E-state index in [0.717, 1.165) is 6.20 Å². The maximum absolute atomic E-state index is 12.9. The number of hydrogen-bond donors (Lipinski definition) is 1. The molecule has 0 saturated carbocycles.